The predicted molar refractivity (Wildman–Crippen MR) is 227 cm³/mol. The number of nitrogens with zero attached hydrogens (tertiary/aromatic N) is 6. The van der Waals surface area contributed by atoms with E-state index in [-0.39, 0.29) is 0 Å². The summed E-state index contributed by atoms with van der Waals surface area (Å²) in [5.74, 6) is 0. The number of benzene rings is 6. The summed E-state index contributed by atoms with van der Waals surface area (Å²) >= 11 is 0. The molecule has 0 aliphatic heterocycles. The summed E-state index contributed by atoms with van der Waals surface area (Å²) in [5.41, 5.74) is 13.4. The number of hydrogen-bond acceptors (Lipinski definition) is 4. The van der Waals surface area contributed by atoms with E-state index >= 15 is 0 Å². The molecule has 0 unspecified atom stereocenters. The molecule has 0 spiro atoms. The molecule has 13 rings (SSSR count). The summed E-state index contributed by atoms with van der Waals surface area (Å²) in [6, 6.07) is 56.1. The summed E-state index contributed by atoms with van der Waals surface area (Å²) in [4.78, 5) is 14.8. The van der Waals surface area contributed by atoms with E-state index in [1.54, 1.807) is 12.4 Å². The highest BCUT2D eigenvalue weighted by Gasteiger charge is 2.22. The Morgan fingerprint density at radius 3 is 1.59 bits per heavy atom. The SMILES string of the molecule is c1ccc2c(c1)c1c3nc(-c4cc(-n5c6ccccc6c6ccccc65)cc(-n5c6ccccc6c6ccccc65)c4)ccc3oc1n1c3ccncc3nc21. The van der Waals surface area contributed by atoms with Crippen LogP contribution in [0, 0.1) is 0 Å². The Morgan fingerprint density at radius 1 is 0.464 bits per heavy atom. The van der Waals surface area contributed by atoms with E-state index < -0.39 is 0 Å². The van der Waals surface area contributed by atoms with Crippen LogP contribution in [0.15, 0.2) is 175 Å². The molecule has 7 nitrogen and oxygen atoms in total. The smallest absolute Gasteiger partial charge is 0.216 e. The highest BCUT2D eigenvalue weighted by atomic mass is 16.3. The maximum Gasteiger partial charge on any atom is 0.216 e. The first-order valence-electron chi connectivity index (χ1n) is 18.8. The second kappa shape index (κ2) is 10.9. The van der Waals surface area contributed by atoms with Gasteiger partial charge in [0.15, 0.2) is 5.58 Å². The Morgan fingerprint density at radius 2 is 1.00 bits per heavy atom. The molecule has 7 aromatic heterocycles. The van der Waals surface area contributed by atoms with Crippen molar-refractivity contribution in [3.8, 4) is 22.6 Å². The lowest BCUT2D eigenvalue weighted by Crippen LogP contribution is -2.00. The molecule has 7 heterocycles. The van der Waals surface area contributed by atoms with Crippen LogP contribution < -0.4 is 0 Å². The number of rotatable bonds is 3. The average molecular weight is 717 g/mol. The molecule has 0 aliphatic carbocycles. The van der Waals surface area contributed by atoms with E-state index in [1.807, 2.05) is 6.07 Å². The Kier molecular flexibility index (Phi) is 5.77. The summed E-state index contributed by atoms with van der Waals surface area (Å²) in [6.07, 6.45) is 3.61. The average Bonchev–Trinajstić information content (AvgIpc) is 4.01. The third-order valence-corrected chi connectivity index (χ3v) is 11.5. The highest BCUT2D eigenvalue weighted by Crippen LogP contribution is 2.41. The molecule has 6 aromatic carbocycles. The summed E-state index contributed by atoms with van der Waals surface area (Å²) < 4.78 is 13.6. The zero-order valence-corrected chi connectivity index (χ0v) is 29.8. The molecule has 7 heteroatoms. The van der Waals surface area contributed by atoms with Crippen LogP contribution in [0.2, 0.25) is 0 Å². The van der Waals surface area contributed by atoms with Crippen molar-refractivity contribution in [1.82, 2.24) is 28.5 Å². The van der Waals surface area contributed by atoms with Crippen LogP contribution in [0.5, 0.6) is 0 Å². The van der Waals surface area contributed by atoms with Gasteiger partial charge < -0.3 is 13.6 Å². The monoisotopic (exact) mass is 716 g/mol. The van der Waals surface area contributed by atoms with Gasteiger partial charge >= 0.3 is 0 Å². The fourth-order valence-corrected chi connectivity index (χ4v) is 9.14. The Hall–Kier alpha value is -7.77. The highest BCUT2D eigenvalue weighted by molar-refractivity contribution is 6.21. The van der Waals surface area contributed by atoms with E-state index in [0.717, 1.165) is 94.4 Å². The third kappa shape index (κ3) is 3.92. The molecule has 0 saturated carbocycles. The van der Waals surface area contributed by atoms with Crippen molar-refractivity contribution in [2.75, 3.05) is 0 Å². The molecule has 0 atom stereocenters. The molecule has 0 saturated heterocycles. The van der Waals surface area contributed by atoms with Gasteiger partial charge in [-0.3, -0.25) is 9.38 Å². The van der Waals surface area contributed by atoms with E-state index in [4.69, 9.17) is 14.4 Å². The molecule has 0 fully saturated rings. The van der Waals surface area contributed by atoms with E-state index in [0.29, 0.717) is 0 Å². The Bertz CT molecular complexity index is 3550. The van der Waals surface area contributed by atoms with Gasteiger partial charge in [0.1, 0.15) is 16.7 Å². The normalized spacial score (nSPS) is 12.3. The van der Waals surface area contributed by atoms with Crippen LogP contribution in [0.25, 0.3) is 116 Å². The number of para-hydroxylation sites is 4. The van der Waals surface area contributed by atoms with Gasteiger partial charge in [0.25, 0.3) is 0 Å². The van der Waals surface area contributed by atoms with Gasteiger partial charge in [0.2, 0.25) is 5.71 Å². The minimum atomic E-state index is 0.719. The van der Waals surface area contributed by atoms with Crippen molar-refractivity contribution in [1.29, 1.82) is 0 Å². The minimum Gasteiger partial charge on any atom is -0.437 e. The first-order valence-corrected chi connectivity index (χ1v) is 18.8. The second-order valence-electron chi connectivity index (χ2n) is 14.5. The molecule has 260 valence electrons. The maximum absolute atomic E-state index is 6.72. The Labute approximate surface area is 317 Å². The van der Waals surface area contributed by atoms with Gasteiger partial charge in [-0.15, -0.1) is 0 Å². The van der Waals surface area contributed by atoms with Gasteiger partial charge in [0, 0.05) is 55.5 Å². The fraction of sp³-hybridized carbons (Fsp3) is 0. The molecule has 0 aliphatic rings. The van der Waals surface area contributed by atoms with Crippen LogP contribution in [0.4, 0.5) is 0 Å². The second-order valence-corrected chi connectivity index (χ2v) is 14.5. The van der Waals surface area contributed by atoms with Crippen molar-refractivity contribution in [3.05, 3.63) is 170 Å². The number of imidazole rings is 1. The molecular formula is C49H28N6O. The number of fused-ring (bicyclic) bond motifs is 16. The van der Waals surface area contributed by atoms with Crippen LogP contribution in [0.1, 0.15) is 0 Å². The van der Waals surface area contributed by atoms with Crippen LogP contribution >= 0.6 is 0 Å². The lowest BCUT2D eigenvalue weighted by Gasteiger charge is -2.15. The standard InChI is InChI=1S/C49H28N6O/c1-2-16-37-36(15-1)46-47-45(56-49(46)55-44-23-24-50-28-39(44)52-48(37)55)22-21-38(51-47)29-25-30(53-40-17-7-3-11-32(40)33-12-4-8-18-41(33)53)27-31(26-29)54-42-19-9-5-13-34(42)35-14-6-10-20-43(35)54/h1-28H. The third-order valence-electron chi connectivity index (χ3n) is 11.5. The first-order chi connectivity index (χ1) is 27.8. The lowest BCUT2D eigenvalue weighted by atomic mass is 10.1. The first kappa shape index (κ1) is 29.7. The predicted octanol–water partition coefficient (Wildman–Crippen LogP) is 12.2. The quantitative estimate of drug-likeness (QED) is 0.183. The van der Waals surface area contributed by atoms with Crippen molar-refractivity contribution in [2.24, 2.45) is 0 Å². The van der Waals surface area contributed by atoms with Crippen molar-refractivity contribution < 1.29 is 4.42 Å². The number of hydrogen-bond donors (Lipinski definition) is 0. The van der Waals surface area contributed by atoms with Gasteiger partial charge in [-0.2, -0.15) is 0 Å². The largest absolute Gasteiger partial charge is 0.437 e. The van der Waals surface area contributed by atoms with Crippen LogP contribution in [0.3, 0.4) is 0 Å². The summed E-state index contributed by atoms with van der Waals surface area (Å²) in [6.45, 7) is 0. The lowest BCUT2D eigenvalue weighted by molar-refractivity contribution is 0.650. The molecule has 13 aromatic rings. The summed E-state index contributed by atoms with van der Waals surface area (Å²) in [7, 11) is 0. The van der Waals surface area contributed by atoms with Gasteiger partial charge in [-0.25, -0.2) is 9.97 Å². The molecule has 0 radical (unpaired) electrons. The van der Waals surface area contributed by atoms with Crippen molar-refractivity contribution >= 4 is 93.3 Å². The zero-order chi connectivity index (χ0) is 36.5. The van der Waals surface area contributed by atoms with Crippen molar-refractivity contribution in [3.63, 3.8) is 0 Å². The van der Waals surface area contributed by atoms with Crippen LogP contribution in [-0.2, 0) is 0 Å². The molecule has 0 amide bonds. The Balaban J connectivity index is 1.14. The minimum absolute atomic E-state index is 0.719. The van der Waals surface area contributed by atoms with E-state index in [1.165, 1.54) is 21.5 Å². The van der Waals surface area contributed by atoms with E-state index in [2.05, 4.69) is 170 Å². The topological polar surface area (TPSA) is 66.1 Å². The van der Waals surface area contributed by atoms with Gasteiger partial charge in [-0.1, -0.05) is 97.1 Å². The van der Waals surface area contributed by atoms with Crippen LogP contribution in [-0.4, -0.2) is 28.5 Å². The fourth-order valence-electron chi connectivity index (χ4n) is 9.14. The number of aromatic nitrogens is 6. The van der Waals surface area contributed by atoms with Gasteiger partial charge in [0.05, 0.1) is 44.9 Å². The van der Waals surface area contributed by atoms with Gasteiger partial charge in [-0.05, 0) is 60.7 Å². The molecule has 0 bridgehead atoms. The van der Waals surface area contributed by atoms with E-state index in [9.17, 15) is 0 Å². The van der Waals surface area contributed by atoms with Crippen molar-refractivity contribution in [2.45, 2.75) is 0 Å². The number of furan rings is 1. The summed E-state index contributed by atoms with van der Waals surface area (Å²) in [5, 5.41) is 7.92. The molecule has 56 heavy (non-hydrogen) atoms. The maximum atomic E-state index is 6.72. The molecule has 0 N–H and O–H groups in total. The number of pyridine rings is 3. The zero-order valence-electron chi connectivity index (χ0n) is 29.8. The molecular weight excluding hydrogens is 689 g/mol.